The number of amides is 1. The van der Waals surface area contributed by atoms with Gasteiger partial charge < -0.3 is 14.4 Å². The first-order valence-electron chi connectivity index (χ1n) is 6.39. The number of hydrogen-bond acceptors (Lipinski definition) is 3. The van der Waals surface area contributed by atoms with Gasteiger partial charge in [-0.1, -0.05) is 15.9 Å². The molecule has 0 aromatic heterocycles. The molecule has 0 N–H and O–H groups in total. The lowest BCUT2D eigenvalue weighted by molar-refractivity contribution is -0.107. The fourth-order valence-corrected chi connectivity index (χ4v) is 2.58. The number of carbonyl (C=O) groups excluding carboxylic acids is 2. The van der Waals surface area contributed by atoms with Gasteiger partial charge in [0.2, 0.25) is 0 Å². The number of nitrogens with zero attached hydrogens (tertiary/aromatic N) is 1. The van der Waals surface area contributed by atoms with Crippen molar-refractivity contribution in [3.8, 4) is 0 Å². The fourth-order valence-electron chi connectivity index (χ4n) is 2.05. The Morgan fingerprint density at radius 3 is 2.44 bits per heavy atom. The average molecular weight is 320 g/mol. The summed E-state index contributed by atoms with van der Waals surface area (Å²) in [6.45, 7) is 7.06. The number of ether oxygens (including phenoxy) is 1. The summed E-state index contributed by atoms with van der Waals surface area (Å²) in [5, 5.41) is 0. The van der Waals surface area contributed by atoms with Gasteiger partial charge >= 0.3 is 6.09 Å². The molecule has 0 saturated carbocycles. The molecular formula is C13H22BrNO3. The van der Waals surface area contributed by atoms with Crippen molar-refractivity contribution < 1.29 is 14.3 Å². The van der Waals surface area contributed by atoms with Gasteiger partial charge in [0, 0.05) is 13.1 Å². The van der Waals surface area contributed by atoms with Gasteiger partial charge in [0.05, 0.1) is 4.83 Å². The molecule has 1 saturated heterocycles. The smallest absolute Gasteiger partial charge is 0.410 e. The van der Waals surface area contributed by atoms with Crippen LogP contribution >= 0.6 is 15.9 Å². The Morgan fingerprint density at radius 1 is 1.44 bits per heavy atom. The summed E-state index contributed by atoms with van der Waals surface area (Å²) in [4.78, 5) is 24.1. The summed E-state index contributed by atoms with van der Waals surface area (Å²) in [7, 11) is 0. The Balaban J connectivity index is 2.35. The van der Waals surface area contributed by atoms with Crippen LogP contribution in [0.1, 0.15) is 40.0 Å². The van der Waals surface area contributed by atoms with E-state index in [9.17, 15) is 9.59 Å². The standard InChI is InChI=1S/C13H22BrNO3/c1-13(2,3)18-12(17)15-6-4-10(5-7-15)8-11(14)9-16/h9-11H,4-8H2,1-3H3. The van der Waals surface area contributed by atoms with Crippen LogP contribution in [0.5, 0.6) is 0 Å². The van der Waals surface area contributed by atoms with Crippen molar-refractivity contribution in [3.63, 3.8) is 0 Å². The van der Waals surface area contributed by atoms with Crippen molar-refractivity contribution in [1.29, 1.82) is 0 Å². The number of likely N-dealkylation sites (tertiary alicyclic amines) is 1. The summed E-state index contributed by atoms with van der Waals surface area (Å²) in [5.41, 5.74) is -0.438. The second-order valence-electron chi connectivity index (χ2n) is 5.80. The van der Waals surface area contributed by atoms with Crippen LogP contribution in [0.3, 0.4) is 0 Å². The second-order valence-corrected chi connectivity index (χ2v) is 6.97. The van der Waals surface area contributed by atoms with Gasteiger partial charge in [-0.25, -0.2) is 4.79 Å². The van der Waals surface area contributed by atoms with Crippen molar-refractivity contribution >= 4 is 28.3 Å². The third kappa shape index (κ3) is 5.38. The van der Waals surface area contributed by atoms with Crippen molar-refractivity contribution in [2.45, 2.75) is 50.5 Å². The Kier molecular flexibility index (Phi) is 5.63. The van der Waals surface area contributed by atoms with E-state index in [1.165, 1.54) is 0 Å². The number of rotatable bonds is 3. The van der Waals surface area contributed by atoms with E-state index in [0.717, 1.165) is 38.6 Å². The minimum absolute atomic E-state index is 0.0597. The molecule has 1 unspecified atom stereocenters. The van der Waals surface area contributed by atoms with E-state index >= 15 is 0 Å². The lowest BCUT2D eigenvalue weighted by Gasteiger charge is -2.33. The molecule has 0 radical (unpaired) electrons. The van der Waals surface area contributed by atoms with Crippen LogP contribution in [-0.2, 0) is 9.53 Å². The molecule has 1 aliphatic rings. The van der Waals surface area contributed by atoms with Crippen molar-refractivity contribution in [3.05, 3.63) is 0 Å². The molecule has 0 spiro atoms. The molecule has 104 valence electrons. The summed E-state index contributed by atoms with van der Waals surface area (Å²) in [6.07, 6.45) is 3.43. The molecule has 1 fully saturated rings. The van der Waals surface area contributed by atoms with Gasteiger partial charge in [-0.3, -0.25) is 0 Å². The summed E-state index contributed by atoms with van der Waals surface area (Å²) >= 11 is 3.32. The molecule has 0 aromatic rings. The maximum Gasteiger partial charge on any atom is 0.410 e. The SMILES string of the molecule is CC(C)(C)OC(=O)N1CCC(CC(Br)C=O)CC1. The molecule has 5 heteroatoms. The van der Waals surface area contributed by atoms with Crippen LogP contribution in [0, 0.1) is 5.92 Å². The monoisotopic (exact) mass is 319 g/mol. The largest absolute Gasteiger partial charge is 0.444 e. The predicted octanol–water partition coefficient (Wildman–Crippen LogP) is 2.99. The highest BCUT2D eigenvalue weighted by molar-refractivity contribution is 9.09. The first kappa shape index (κ1) is 15.5. The van der Waals surface area contributed by atoms with Gasteiger partial charge in [-0.05, 0) is 46.0 Å². The molecular weight excluding hydrogens is 298 g/mol. The molecule has 1 amide bonds. The second kappa shape index (κ2) is 6.55. The van der Waals surface area contributed by atoms with Gasteiger partial charge in [-0.2, -0.15) is 0 Å². The van der Waals surface area contributed by atoms with Crippen molar-refractivity contribution in [2.75, 3.05) is 13.1 Å². The van der Waals surface area contributed by atoms with E-state index in [1.807, 2.05) is 20.8 Å². The van der Waals surface area contributed by atoms with E-state index in [2.05, 4.69) is 15.9 Å². The van der Waals surface area contributed by atoms with E-state index in [-0.39, 0.29) is 10.9 Å². The molecule has 0 aliphatic carbocycles. The van der Waals surface area contributed by atoms with Gasteiger partial charge in [0.1, 0.15) is 11.9 Å². The minimum atomic E-state index is -0.438. The highest BCUT2D eigenvalue weighted by Gasteiger charge is 2.27. The zero-order valence-corrected chi connectivity index (χ0v) is 12.9. The number of carbonyl (C=O) groups is 2. The molecule has 4 nitrogen and oxygen atoms in total. The molecule has 1 rings (SSSR count). The maximum absolute atomic E-state index is 11.8. The third-order valence-electron chi connectivity index (χ3n) is 2.97. The van der Waals surface area contributed by atoms with Crippen LogP contribution in [0.15, 0.2) is 0 Å². The van der Waals surface area contributed by atoms with Crippen LogP contribution in [-0.4, -0.2) is 40.8 Å². The highest BCUT2D eigenvalue weighted by atomic mass is 79.9. The fraction of sp³-hybridized carbons (Fsp3) is 0.846. The van der Waals surface area contributed by atoms with E-state index in [4.69, 9.17) is 4.74 Å². The first-order chi connectivity index (χ1) is 8.31. The van der Waals surface area contributed by atoms with Crippen molar-refractivity contribution in [2.24, 2.45) is 5.92 Å². The van der Waals surface area contributed by atoms with Crippen LogP contribution < -0.4 is 0 Å². The lowest BCUT2D eigenvalue weighted by Crippen LogP contribution is -2.42. The third-order valence-corrected chi connectivity index (χ3v) is 3.56. The molecule has 1 heterocycles. The van der Waals surface area contributed by atoms with Gasteiger partial charge in [-0.15, -0.1) is 0 Å². The van der Waals surface area contributed by atoms with E-state index in [0.29, 0.717) is 5.92 Å². The lowest BCUT2D eigenvalue weighted by atomic mass is 9.92. The zero-order valence-electron chi connectivity index (χ0n) is 11.3. The Morgan fingerprint density at radius 2 is 2.00 bits per heavy atom. The van der Waals surface area contributed by atoms with E-state index < -0.39 is 5.60 Å². The topological polar surface area (TPSA) is 46.6 Å². The minimum Gasteiger partial charge on any atom is -0.444 e. The number of aldehydes is 1. The molecule has 18 heavy (non-hydrogen) atoms. The summed E-state index contributed by atoms with van der Waals surface area (Å²) in [5.74, 6) is 0.512. The van der Waals surface area contributed by atoms with E-state index in [1.54, 1.807) is 4.90 Å². The quantitative estimate of drug-likeness (QED) is 0.593. The zero-order chi connectivity index (χ0) is 13.8. The predicted molar refractivity (Wildman–Crippen MR) is 73.9 cm³/mol. The highest BCUT2D eigenvalue weighted by Crippen LogP contribution is 2.24. The normalized spacial score (nSPS) is 19.4. The Hall–Kier alpha value is -0.580. The van der Waals surface area contributed by atoms with Crippen LogP contribution in [0.25, 0.3) is 0 Å². The van der Waals surface area contributed by atoms with Gasteiger partial charge in [0.15, 0.2) is 0 Å². The van der Waals surface area contributed by atoms with Crippen LogP contribution in [0.2, 0.25) is 0 Å². The summed E-state index contributed by atoms with van der Waals surface area (Å²) < 4.78 is 5.34. The van der Waals surface area contributed by atoms with Gasteiger partial charge in [0.25, 0.3) is 0 Å². The molecule has 0 bridgehead atoms. The maximum atomic E-state index is 11.8. The average Bonchev–Trinajstić information content (AvgIpc) is 2.27. The molecule has 1 aliphatic heterocycles. The first-order valence-corrected chi connectivity index (χ1v) is 7.30. The number of hydrogen-bond donors (Lipinski definition) is 0. The van der Waals surface area contributed by atoms with Crippen molar-refractivity contribution in [1.82, 2.24) is 4.90 Å². The molecule has 0 aromatic carbocycles. The number of halogens is 1. The summed E-state index contributed by atoms with van der Waals surface area (Å²) in [6, 6.07) is 0. The number of alkyl halides is 1. The Labute approximate surface area is 117 Å². The Bertz CT molecular complexity index is 293. The number of piperidine rings is 1. The molecule has 1 atom stereocenters. The van der Waals surface area contributed by atoms with Crippen LogP contribution in [0.4, 0.5) is 4.79 Å².